The van der Waals surface area contributed by atoms with Crippen LogP contribution in [0.5, 0.6) is 11.5 Å². The number of hydrogen-bond donors (Lipinski definition) is 2. The highest BCUT2D eigenvalue weighted by atomic mass is 16.5. The summed E-state index contributed by atoms with van der Waals surface area (Å²) < 4.78 is 10.8. The van der Waals surface area contributed by atoms with Crippen molar-refractivity contribution in [2.45, 2.75) is 19.4 Å². The summed E-state index contributed by atoms with van der Waals surface area (Å²) in [7, 11) is 1.58. The summed E-state index contributed by atoms with van der Waals surface area (Å²) in [6.45, 7) is 1.84. The van der Waals surface area contributed by atoms with Crippen LogP contribution in [0.1, 0.15) is 23.7 Å². The van der Waals surface area contributed by atoms with Crippen molar-refractivity contribution in [2.75, 3.05) is 12.4 Å². The first kappa shape index (κ1) is 17.3. The fourth-order valence-corrected chi connectivity index (χ4v) is 2.16. The maximum absolute atomic E-state index is 12.4. The van der Waals surface area contributed by atoms with Gasteiger partial charge < -0.3 is 20.5 Å². The van der Waals surface area contributed by atoms with Gasteiger partial charge in [-0.25, -0.2) is 0 Å². The number of hydrogen-bond acceptors (Lipinski definition) is 4. The Morgan fingerprint density at radius 3 is 2.29 bits per heavy atom. The standard InChI is InChI=1S/C18H20N2O4/c1-3-16(24-13-10-8-12(23-2)9-11-13)18(22)20-15-7-5-4-6-14(15)17(19)21/h4-11,16H,3H2,1-2H3,(H2,19,21)(H,20,22). The van der Waals surface area contributed by atoms with Gasteiger partial charge in [-0.15, -0.1) is 0 Å². The van der Waals surface area contributed by atoms with Crippen molar-refractivity contribution in [1.82, 2.24) is 0 Å². The number of benzene rings is 2. The second-order valence-electron chi connectivity index (χ2n) is 5.09. The van der Waals surface area contributed by atoms with Crippen LogP contribution in [0.15, 0.2) is 48.5 Å². The third kappa shape index (κ3) is 4.25. The van der Waals surface area contributed by atoms with E-state index < -0.39 is 12.0 Å². The maximum atomic E-state index is 12.4. The molecule has 1 unspecified atom stereocenters. The Balaban J connectivity index is 2.10. The Bertz CT molecular complexity index is 713. The van der Waals surface area contributed by atoms with Gasteiger partial charge in [0.1, 0.15) is 11.5 Å². The number of carbonyl (C=O) groups excluding carboxylic acids is 2. The van der Waals surface area contributed by atoms with Crippen LogP contribution in [0.2, 0.25) is 0 Å². The average molecular weight is 328 g/mol. The molecule has 2 rings (SSSR count). The Labute approximate surface area is 140 Å². The predicted molar refractivity (Wildman–Crippen MR) is 91.3 cm³/mol. The fraction of sp³-hybridized carbons (Fsp3) is 0.222. The van der Waals surface area contributed by atoms with E-state index in [9.17, 15) is 9.59 Å². The molecule has 24 heavy (non-hydrogen) atoms. The molecule has 1 atom stereocenters. The van der Waals surface area contributed by atoms with Crippen LogP contribution in [0, 0.1) is 0 Å². The zero-order valence-electron chi connectivity index (χ0n) is 13.6. The van der Waals surface area contributed by atoms with Crippen LogP contribution in [0.25, 0.3) is 0 Å². The second kappa shape index (κ2) is 8.01. The number of ether oxygens (including phenoxy) is 2. The molecular weight excluding hydrogens is 308 g/mol. The minimum Gasteiger partial charge on any atom is -0.497 e. The number of primary amides is 1. The van der Waals surface area contributed by atoms with Gasteiger partial charge in [-0.1, -0.05) is 19.1 Å². The Hall–Kier alpha value is -3.02. The van der Waals surface area contributed by atoms with Crippen molar-refractivity contribution < 1.29 is 19.1 Å². The molecule has 0 spiro atoms. The predicted octanol–water partition coefficient (Wildman–Crippen LogP) is 2.59. The number of amides is 2. The van der Waals surface area contributed by atoms with Gasteiger partial charge in [0.15, 0.2) is 6.10 Å². The minimum absolute atomic E-state index is 0.255. The number of anilines is 1. The Morgan fingerprint density at radius 1 is 1.08 bits per heavy atom. The van der Waals surface area contributed by atoms with E-state index >= 15 is 0 Å². The Morgan fingerprint density at radius 2 is 1.71 bits per heavy atom. The number of rotatable bonds is 7. The van der Waals surface area contributed by atoms with Gasteiger partial charge in [0.2, 0.25) is 0 Å². The van der Waals surface area contributed by atoms with Gasteiger partial charge in [-0.3, -0.25) is 9.59 Å². The molecule has 0 saturated heterocycles. The highest BCUT2D eigenvalue weighted by Gasteiger charge is 2.20. The molecule has 126 valence electrons. The fourth-order valence-electron chi connectivity index (χ4n) is 2.16. The van der Waals surface area contributed by atoms with E-state index in [0.29, 0.717) is 23.6 Å². The summed E-state index contributed by atoms with van der Waals surface area (Å²) in [5.74, 6) is 0.313. The third-order valence-electron chi connectivity index (χ3n) is 3.45. The van der Waals surface area contributed by atoms with Gasteiger partial charge in [0.05, 0.1) is 18.4 Å². The molecule has 0 aliphatic carbocycles. The summed E-state index contributed by atoms with van der Waals surface area (Å²) in [4.78, 5) is 23.9. The molecule has 0 saturated carbocycles. The van der Waals surface area contributed by atoms with Crippen molar-refractivity contribution in [1.29, 1.82) is 0 Å². The van der Waals surface area contributed by atoms with Crippen LogP contribution in [0.4, 0.5) is 5.69 Å². The number of carbonyl (C=O) groups is 2. The summed E-state index contributed by atoms with van der Waals surface area (Å²) in [5.41, 5.74) is 5.94. The van der Waals surface area contributed by atoms with E-state index in [2.05, 4.69) is 5.32 Å². The molecule has 2 amide bonds. The monoisotopic (exact) mass is 328 g/mol. The molecule has 0 fully saturated rings. The van der Waals surface area contributed by atoms with Gasteiger partial charge in [-0.05, 0) is 42.8 Å². The molecule has 0 radical (unpaired) electrons. The van der Waals surface area contributed by atoms with Crippen molar-refractivity contribution in [3.05, 3.63) is 54.1 Å². The lowest BCUT2D eigenvalue weighted by atomic mass is 10.1. The largest absolute Gasteiger partial charge is 0.497 e. The second-order valence-corrected chi connectivity index (χ2v) is 5.09. The molecule has 0 heterocycles. The number of nitrogens with two attached hydrogens (primary N) is 1. The molecule has 2 aromatic carbocycles. The molecule has 0 aliphatic rings. The molecule has 0 aliphatic heterocycles. The van der Waals surface area contributed by atoms with Gasteiger partial charge in [0, 0.05) is 0 Å². The Kier molecular flexibility index (Phi) is 5.78. The van der Waals surface area contributed by atoms with E-state index in [-0.39, 0.29) is 11.5 Å². The van der Waals surface area contributed by atoms with Crippen molar-refractivity contribution >= 4 is 17.5 Å². The van der Waals surface area contributed by atoms with Crippen LogP contribution in [0.3, 0.4) is 0 Å². The van der Waals surface area contributed by atoms with Gasteiger partial charge >= 0.3 is 0 Å². The molecule has 6 heteroatoms. The number of nitrogens with one attached hydrogen (secondary N) is 1. The van der Waals surface area contributed by atoms with Crippen molar-refractivity contribution in [3.8, 4) is 11.5 Å². The lowest BCUT2D eigenvalue weighted by Crippen LogP contribution is -2.33. The molecular formula is C18H20N2O4. The summed E-state index contributed by atoms with van der Waals surface area (Å²) in [5, 5.41) is 2.70. The first-order chi connectivity index (χ1) is 11.5. The maximum Gasteiger partial charge on any atom is 0.265 e. The third-order valence-corrected chi connectivity index (χ3v) is 3.45. The summed E-state index contributed by atoms with van der Waals surface area (Å²) in [6.07, 6.45) is -0.226. The smallest absolute Gasteiger partial charge is 0.265 e. The zero-order valence-corrected chi connectivity index (χ0v) is 13.6. The SMILES string of the molecule is CCC(Oc1ccc(OC)cc1)C(=O)Nc1ccccc1C(N)=O. The minimum atomic E-state index is -0.695. The topological polar surface area (TPSA) is 90.7 Å². The van der Waals surface area contributed by atoms with E-state index in [0.717, 1.165) is 0 Å². The molecule has 0 aromatic heterocycles. The normalized spacial score (nSPS) is 11.4. The van der Waals surface area contributed by atoms with Crippen LogP contribution < -0.4 is 20.5 Å². The first-order valence-corrected chi connectivity index (χ1v) is 7.55. The average Bonchev–Trinajstić information content (AvgIpc) is 2.60. The van der Waals surface area contributed by atoms with Crippen LogP contribution in [-0.4, -0.2) is 25.0 Å². The number of para-hydroxylation sites is 1. The van der Waals surface area contributed by atoms with Crippen molar-refractivity contribution in [3.63, 3.8) is 0 Å². The molecule has 3 N–H and O–H groups in total. The van der Waals surface area contributed by atoms with Gasteiger partial charge in [-0.2, -0.15) is 0 Å². The number of methoxy groups -OCH3 is 1. The summed E-state index contributed by atoms with van der Waals surface area (Å²) in [6, 6.07) is 13.5. The lowest BCUT2D eigenvalue weighted by Gasteiger charge is -2.18. The molecule has 0 bridgehead atoms. The highest BCUT2D eigenvalue weighted by molar-refractivity contribution is 6.04. The van der Waals surface area contributed by atoms with Gasteiger partial charge in [0.25, 0.3) is 11.8 Å². The lowest BCUT2D eigenvalue weighted by molar-refractivity contribution is -0.122. The first-order valence-electron chi connectivity index (χ1n) is 7.55. The van der Waals surface area contributed by atoms with E-state index in [1.165, 1.54) is 0 Å². The molecule has 6 nitrogen and oxygen atoms in total. The zero-order chi connectivity index (χ0) is 17.5. The van der Waals surface area contributed by atoms with E-state index in [4.69, 9.17) is 15.2 Å². The molecule has 2 aromatic rings. The van der Waals surface area contributed by atoms with Crippen LogP contribution in [-0.2, 0) is 4.79 Å². The van der Waals surface area contributed by atoms with Crippen LogP contribution >= 0.6 is 0 Å². The highest BCUT2D eigenvalue weighted by Crippen LogP contribution is 2.20. The quantitative estimate of drug-likeness (QED) is 0.817. The van der Waals surface area contributed by atoms with Crippen molar-refractivity contribution in [2.24, 2.45) is 5.73 Å². The summed E-state index contributed by atoms with van der Waals surface area (Å²) >= 11 is 0. The van der Waals surface area contributed by atoms with E-state index in [1.807, 2.05) is 6.92 Å². The van der Waals surface area contributed by atoms with E-state index in [1.54, 1.807) is 55.6 Å².